The first kappa shape index (κ1) is 9.31. The minimum absolute atomic E-state index is 0.0568. The molecule has 64 valence electrons. The topological polar surface area (TPSA) is 51.2 Å². The summed E-state index contributed by atoms with van der Waals surface area (Å²) in [7, 11) is 0. The zero-order valence-electron chi connectivity index (χ0n) is 6.41. The van der Waals surface area contributed by atoms with Gasteiger partial charge in [-0.15, -0.1) is 0 Å². The van der Waals surface area contributed by atoms with Crippen molar-refractivity contribution in [2.75, 3.05) is 0 Å². The molecule has 0 aromatic heterocycles. The van der Waals surface area contributed by atoms with Gasteiger partial charge in [0.25, 0.3) is 0 Å². The molecular formula is C8H7IO3. The molecule has 0 fully saturated rings. The Hall–Kier alpha value is -0.780. The van der Waals surface area contributed by atoms with Gasteiger partial charge in [-0.05, 0) is 19.1 Å². The largest absolute Gasteiger partial charge is 0.340 e. The van der Waals surface area contributed by atoms with E-state index in [2.05, 4.69) is 0 Å². The first-order valence-electron chi connectivity index (χ1n) is 3.27. The van der Waals surface area contributed by atoms with Gasteiger partial charge in [0.05, 0.1) is 3.57 Å². The molecule has 4 heteroatoms. The highest BCUT2D eigenvalue weighted by Crippen LogP contribution is 2.17. The zero-order valence-corrected chi connectivity index (χ0v) is 8.57. The minimum Gasteiger partial charge on any atom is -0.295 e. The summed E-state index contributed by atoms with van der Waals surface area (Å²) in [5.74, 6) is -0.0568. The second kappa shape index (κ2) is 3.75. The maximum absolute atomic E-state index is 10.8. The maximum atomic E-state index is 10.8. The summed E-state index contributed by atoms with van der Waals surface area (Å²) in [6, 6.07) is 5.97. The van der Waals surface area contributed by atoms with Crippen LogP contribution >= 0.6 is 19.8 Å². The molecule has 0 aliphatic carbocycles. The molecule has 0 aliphatic rings. The maximum Gasteiger partial charge on any atom is 0.340 e. The van der Waals surface area contributed by atoms with E-state index < -0.39 is 19.8 Å². The third-order valence-electron chi connectivity index (χ3n) is 1.43. The van der Waals surface area contributed by atoms with E-state index in [1.54, 1.807) is 0 Å². The number of benzene rings is 1. The van der Waals surface area contributed by atoms with Crippen molar-refractivity contribution in [2.45, 2.75) is 6.92 Å². The predicted molar refractivity (Wildman–Crippen MR) is 50.5 cm³/mol. The number of hydrogen-bond acceptors (Lipinski definition) is 3. The summed E-state index contributed by atoms with van der Waals surface area (Å²) < 4.78 is 21.4. The Morgan fingerprint density at radius 1 is 1.17 bits per heavy atom. The van der Waals surface area contributed by atoms with Crippen LogP contribution in [-0.2, 0) is 6.14 Å². The van der Waals surface area contributed by atoms with Crippen LogP contribution in [0.5, 0.6) is 0 Å². The Morgan fingerprint density at radius 3 is 2.00 bits per heavy atom. The number of hydrogen-bond donors (Lipinski definition) is 0. The summed E-state index contributed by atoms with van der Waals surface area (Å²) in [5.41, 5.74) is 0.538. The van der Waals surface area contributed by atoms with Gasteiger partial charge >= 0.3 is 19.8 Å². The van der Waals surface area contributed by atoms with Crippen molar-refractivity contribution in [3.8, 4) is 0 Å². The van der Waals surface area contributed by atoms with Gasteiger partial charge in [-0.3, -0.25) is 4.79 Å². The van der Waals surface area contributed by atoms with Gasteiger partial charge in [0.1, 0.15) is 0 Å². The molecule has 0 saturated heterocycles. The van der Waals surface area contributed by atoms with E-state index in [4.69, 9.17) is 0 Å². The van der Waals surface area contributed by atoms with Crippen molar-refractivity contribution in [3.63, 3.8) is 0 Å². The van der Waals surface area contributed by atoms with Gasteiger partial charge in [0, 0.05) is 5.56 Å². The summed E-state index contributed by atoms with van der Waals surface area (Å²) >= 11 is -3.35. The number of halogens is 1. The third-order valence-corrected chi connectivity index (χ3v) is 3.17. The van der Waals surface area contributed by atoms with Crippen LogP contribution in [0.25, 0.3) is 0 Å². The molecule has 0 amide bonds. The second-order valence-electron chi connectivity index (χ2n) is 2.28. The molecule has 0 heterocycles. The van der Waals surface area contributed by atoms with E-state index in [9.17, 15) is 10.9 Å². The van der Waals surface area contributed by atoms with Gasteiger partial charge in [-0.2, -0.15) is 0 Å². The number of ketones is 1. The van der Waals surface area contributed by atoms with E-state index in [0.717, 1.165) is 0 Å². The van der Waals surface area contributed by atoms with Crippen LogP contribution in [-0.4, -0.2) is 5.78 Å². The van der Waals surface area contributed by atoms with E-state index in [-0.39, 0.29) is 5.78 Å². The number of carbonyl (C=O) groups excluding carboxylic acids is 1. The summed E-state index contributed by atoms with van der Waals surface area (Å²) in [4.78, 5) is 10.8. The lowest BCUT2D eigenvalue weighted by Gasteiger charge is -1.92. The standard InChI is InChI=1S/C8H7IO3/c1-6(10)7-2-4-8(5-3-7)9(11)12/h2-5H,1H3. The van der Waals surface area contributed by atoms with Crippen LogP contribution in [0.2, 0.25) is 0 Å². The summed E-state index contributed by atoms with van der Waals surface area (Å²) in [6.45, 7) is 1.44. The first-order valence-corrected chi connectivity index (χ1v) is 6.11. The van der Waals surface area contributed by atoms with Crippen LogP contribution in [0.1, 0.15) is 17.3 Å². The van der Waals surface area contributed by atoms with Crippen molar-refractivity contribution < 1.29 is 10.9 Å². The zero-order chi connectivity index (χ0) is 9.14. The molecule has 1 aromatic rings. The molecule has 0 bridgehead atoms. The van der Waals surface area contributed by atoms with Gasteiger partial charge in [0.2, 0.25) is 0 Å². The lowest BCUT2D eigenvalue weighted by Crippen LogP contribution is -1.90. The summed E-state index contributed by atoms with van der Waals surface area (Å²) in [6.07, 6.45) is 0. The van der Waals surface area contributed by atoms with Crippen molar-refractivity contribution in [1.82, 2.24) is 0 Å². The van der Waals surface area contributed by atoms with Gasteiger partial charge < -0.3 is 0 Å². The van der Waals surface area contributed by atoms with E-state index in [1.807, 2.05) is 0 Å². The average Bonchev–Trinajstić information content (AvgIpc) is 2.04. The molecule has 0 atom stereocenters. The molecule has 0 saturated carbocycles. The molecule has 1 aromatic carbocycles. The predicted octanol–water partition coefficient (Wildman–Crippen LogP) is 2.26. The fourth-order valence-corrected chi connectivity index (χ4v) is 1.73. The van der Waals surface area contributed by atoms with Crippen molar-refractivity contribution in [2.24, 2.45) is 0 Å². The van der Waals surface area contributed by atoms with Crippen LogP contribution in [0.3, 0.4) is 0 Å². The highest BCUT2D eigenvalue weighted by atomic mass is 127. The molecule has 0 radical (unpaired) electrons. The van der Waals surface area contributed by atoms with E-state index in [1.165, 1.54) is 31.2 Å². The van der Waals surface area contributed by atoms with Crippen LogP contribution in [0.4, 0.5) is 0 Å². The van der Waals surface area contributed by atoms with Crippen LogP contribution in [0.15, 0.2) is 24.3 Å². The molecular weight excluding hydrogens is 271 g/mol. The lowest BCUT2D eigenvalue weighted by atomic mass is 10.2. The molecule has 0 aliphatic heterocycles. The fourth-order valence-electron chi connectivity index (χ4n) is 0.787. The third kappa shape index (κ3) is 2.10. The SMILES string of the molecule is CC(=O)c1ccc(I(=O)=O)cc1. The number of Topliss-reactive ketones (excluding diaryl/α,β-unsaturated/α-hetero) is 1. The normalized spacial score (nSPS) is 10.2. The molecule has 3 nitrogen and oxygen atoms in total. The summed E-state index contributed by atoms with van der Waals surface area (Å²) in [5, 5.41) is 0. The van der Waals surface area contributed by atoms with Crippen molar-refractivity contribution in [3.05, 3.63) is 33.4 Å². The van der Waals surface area contributed by atoms with Crippen LogP contribution < -0.4 is 0 Å². The lowest BCUT2D eigenvalue weighted by molar-refractivity contribution is 0.101. The highest BCUT2D eigenvalue weighted by Gasteiger charge is 2.00. The van der Waals surface area contributed by atoms with Gasteiger partial charge in [-0.25, -0.2) is 6.14 Å². The minimum atomic E-state index is -3.35. The number of carbonyl (C=O) groups is 1. The van der Waals surface area contributed by atoms with Crippen molar-refractivity contribution >= 4 is 25.6 Å². The van der Waals surface area contributed by atoms with E-state index in [0.29, 0.717) is 9.13 Å². The fraction of sp³-hybridized carbons (Fsp3) is 0.125. The average molecular weight is 278 g/mol. The highest BCUT2D eigenvalue weighted by molar-refractivity contribution is 14.2. The molecule has 0 N–H and O–H groups in total. The number of rotatable bonds is 2. The molecule has 1 rings (SSSR count). The van der Waals surface area contributed by atoms with E-state index >= 15 is 0 Å². The Morgan fingerprint density at radius 2 is 1.67 bits per heavy atom. The monoisotopic (exact) mass is 278 g/mol. The Kier molecular flexibility index (Phi) is 2.91. The van der Waals surface area contributed by atoms with Crippen LogP contribution in [0, 0.1) is 3.57 Å². The quantitative estimate of drug-likeness (QED) is 0.616. The Bertz CT molecular complexity index is 354. The molecule has 12 heavy (non-hydrogen) atoms. The van der Waals surface area contributed by atoms with Gasteiger partial charge in [-0.1, -0.05) is 12.1 Å². The van der Waals surface area contributed by atoms with Gasteiger partial charge in [0.15, 0.2) is 5.78 Å². The smallest absolute Gasteiger partial charge is 0.295 e. The first-order chi connectivity index (χ1) is 5.61. The second-order valence-corrected chi connectivity index (χ2v) is 4.77. The molecule has 0 unspecified atom stereocenters. The Balaban J connectivity index is 3.09. The molecule has 0 spiro atoms. The van der Waals surface area contributed by atoms with Crippen molar-refractivity contribution in [1.29, 1.82) is 0 Å². The Labute approximate surface area is 76.9 Å².